The van der Waals surface area contributed by atoms with Gasteiger partial charge in [0.2, 0.25) is 0 Å². The maximum atomic E-state index is 11.5. The molecule has 0 saturated carbocycles. The molecule has 0 spiro atoms. The van der Waals surface area contributed by atoms with Crippen LogP contribution in [-0.4, -0.2) is 31.7 Å². The van der Waals surface area contributed by atoms with Crippen LogP contribution in [0.15, 0.2) is 0 Å². The number of halogens is 6. The Morgan fingerprint density at radius 1 is 0.933 bits per heavy atom. The van der Waals surface area contributed by atoms with Crippen molar-refractivity contribution in [3.63, 3.8) is 0 Å². The molecule has 0 heterocycles. The first kappa shape index (κ1) is 13.8. The van der Waals surface area contributed by atoms with Gasteiger partial charge in [0.05, 0.1) is 6.42 Å². The van der Waals surface area contributed by atoms with Crippen LogP contribution in [0.4, 0.5) is 31.1 Å². The Hall–Kier alpha value is -1.15. The van der Waals surface area contributed by atoms with Crippen molar-refractivity contribution in [1.82, 2.24) is 0 Å². The van der Waals surface area contributed by atoms with Crippen molar-refractivity contribution < 1.29 is 40.6 Å². The van der Waals surface area contributed by atoms with E-state index in [-0.39, 0.29) is 0 Å². The third-order valence-corrected chi connectivity index (χ3v) is 0.959. The van der Waals surface area contributed by atoms with Gasteiger partial charge < -0.3 is 9.47 Å². The maximum Gasteiger partial charge on any atom is 0.508 e. The molecule has 9 heteroatoms. The van der Waals surface area contributed by atoms with Crippen molar-refractivity contribution in [2.75, 3.05) is 13.2 Å². The second kappa shape index (κ2) is 5.08. The normalized spacial score (nSPS) is 12.4. The summed E-state index contributed by atoms with van der Waals surface area (Å²) in [5.41, 5.74) is 0. The van der Waals surface area contributed by atoms with Gasteiger partial charge in [0, 0.05) is 0 Å². The van der Waals surface area contributed by atoms with Gasteiger partial charge in [-0.2, -0.15) is 26.3 Å². The lowest BCUT2D eigenvalue weighted by atomic mass is 10.4. The predicted octanol–water partition coefficient (Wildman–Crippen LogP) is 2.65. The first-order valence-corrected chi connectivity index (χ1v) is 3.53. The first-order valence-electron chi connectivity index (χ1n) is 3.53. The number of hydrogen-bond acceptors (Lipinski definition) is 3. The molecule has 3 nitrogen and oxygen atoms in total. The highest BCUT2D eigenvalue weighted by molar-refractivity contribution is 5.59. The van der Waals surface area contributed by atoms with Crippen molar-refractivity contribution in [1.29, 1.82) is 0 Å². The van der Waals surface area contributed by atoms with Crippen LogP contribution >= 0.6 is 0 Å². The van der Waals surface area contributed by atoms with Gasteiger partial charge in [-0.3, -0.25) is 0 Å². The first-order chi connectivity index (χ1) is 6.60. The van der Waals surface area contributed by atoms with Crippen LogP contribution in [0, 0.1) is 0 Å². The molecule has 0 rings (SSSR count). The molecule has 0 bridgehead atoms. The summed E-state index contributed by atoms with van der Waals surface area (Å²) in [5.74, 6) is 0. The topological polar surface area (TPSA) is 35.5 Å². The van der Waals surface area contributed by atoms with E-state index in [4.69, 9.17) is 0 Å². The van der Waals surface area contributed by atoms with Crippen molar-refractivity contribution >= 4 is 6.16 Å². The molecule has 0 radical (unpaired) electrons. The molecule has 0 aromatic rings. The van der Waals surface area contributed by atoms with E-state index >= 15 is 0 Å². The summed E-state index contributed by atoms with van der Waals surface area (Å²) in [5, 5.41) is 0. The zero-order chi connectivity index (χ0) is 12.1. The third-order valence-electron chi connectivity index (χ3n) is 0.959. The average molecular weight is 240 g/mol. The van der Waals surface area contributed by atoms with E-state index in [1.807, 2.05) is 0 Å². The van der Waals surface area contributed by atoms with Crippen LogP contribution in [0.2, 0.25) is 0 Å². The highest BCUT2D eigenvalue weighted by atomic mass is 19.4. The molecule has 0 atom stereocenters. The van der Waals surface area contributed by atoms with Crippen LogP contribution < -0.4 is 0 Å². The van der Waals surface area contributed by atoms with Gasteiger partial charge in [-0.1, -0.05) is 0 Å². The van der Waals surface area contributed by atoms with Gasteiger partial charge in [-0.05, 0) is 0 Å². The van der Waals surface area contributed by atoms with Gasteiger partial charge in [-0.25, -0.2) is 4.79 Å². The summed E-state index contributed by atoms with van der Waals surface area (Å²) >= 11 is 0. The van der Waals surface area contributed by atoms with Crippen molar-refractivity contribution in [2.24, 2.45) is 0 Å². The van der Waals surface area contributed by atoms with Gasteiger partial charge >= 0.3 is 18.5 Å². The van der Waals surface area contributed by atoms with E-state index < -0.39 is 38.1 Å². The molecule has 0 fully saturated rings. The predicted molar refractivity (Wildman–Crippen MR) is 34.0 cm³/mol. The summed E-state index contributed by atoms with van der Waals surface area (Å²) in [4.78, 5) is 10.3. The van der Waals surface area contributed by atoms with Crippen molar-refractivity contribution in [2.45, 2.75) is 18.8 Å². The second-order valence-electron chi connectivity index (χ2n) is 2.37. The number of carbonyl (C=O) groups excluding carboxylic acids is 1. The Labute approximate surface area is 79.9 Å². The van der Waals surface area contributed by atoms with Gasteiger partial charge in [0.1, 0.15) is 6.61 Å². The van der Waals surface area contributed by atoms with Gasteiger partial charge in [-0.15, -0.1) is 0 Å². The molecular formula is C6H6F6O3. The summed E-state index contributed by atoms with van der Waals surface area (Å²) in [6.07, 6.45) is -12.5. The molecule has 90 valence electrons. The van der Waals surface area contributed by atoms with Gasteiger partial charge in [0.15, 0.2) is 6.61 Å². The summed E-state index contributed by atoms with van der Waals surface area (Å²) in [6, 6.07) is 0. The van der Waals surface area contributed by atoms with Crippen LogP contribution in [0.3, 0.4) is 0 Å². The van der Waals surface area contributed by atoms with Crippen molar-refractivity contribution in [3.05, 3.63) is 0 Å². The largest absolute Gasteiger partial charge is 0.508 e. The number of ether oxygens (including phenoxy) is 2. The zero-order valence-electron chi connectivity index (χ0n) is 7.11. The maximum absolute atomic E-state index is 11.5. The van der Waals surface area contributed by atoms with E-state index in [1.54, 1.807) is 0 Å². The fraction of sp³-hybridized carbons (Fsp3) is 0.833. The Bertz CT molecular complexity index is 208. The molecule has 0 aliphatic carbocycles. The highest BCUT2D eigenvalue weighted by Gasteiger charge is 2.31. The Balaban J connectivity index is 3.60. The van der Waals surface area contributed by atoms with E-state index in [1.165, 1.54) is 0 Å². The minimum absolute atomic E-state index is 1.07. The van der Waals surface area contributed by atoms with Crippen molar-refractivity contribution in [3.8, 4) is 0 Å². The van der Waals surface area contributed by atoms with E-state index in [0.29, 0.717) is 0 Å². The molecule has 0 aromatic carbocycles. The van der Waals surface area contributed by atoms with Crippen LogP contribution in [0.5, 0.6) is 0 Å². The van der Waals surface area contributed by atoms with Crippen LogP contribution in [0.25, 0.3) is 0 Å². The number of rotatable bonds is 3. The average Bonchev–Trinajstić information content (AvgIpc) is 1.97. The number of hydrogen-bond donors (Lipinski definition) is 0. The molecule has 0 aromatic heterocycles. The van der Waals surface area contributed by atoms with Crippen LogP contribution in [-0.2, 0) is 9.47 Å². The highest BCUT2D eigenvalue weighted by Crippen LogP contribution is 2.19. The fourth-order valence-corrected chi connectivity index (χ4v) is 0.433. The minimum Gasteiger partial charge on any atom is -0.434 e. The van der Waals surface area contributed by atoms with E-state index in [2.05, 4.69) is 9.47 Å². The van der Waals surface area contributed by atoms with E-state index in [9.17, 15) is 31.1 Å². The zero-order valence-corrected chi connectivity index (χ0v) is 7.11. The summed E-state index contributed by atoms with van der Waals surface area (Å²) < 4.78 is 75.9. The molecular weight excluding hydrogens is 234 g/mol. The third kappa shape index (κ3) is 10.8. The fourth-order valence-electron chi connectivity index (χ4n) is 0.433. The summed E-state index contributed by atoms with van der Waals surface area (Å²) in [7, 11) is 0. The Kier molecular flexibility index (Phi) is 4.69. The Morgan fingerprint density at radius 3 is 1.87 bits per heavy atom. The minimum atomic E-state index is -4.73. The molecule has 0 N–H and O–H groups in total. The molecule has 0 aliphatic rings. The molecule has 0 unspecified atom stereocenters. The summed E-state index contributed by atoms with van der Waals surface area (Å²) in [6.45, 7) is -2.96. The number of alkyl halides is 6. The van der Waals surface area contributed by atoms with Crippen LogP contribution in [0.1, 0.15) is 6.42 Å². The smallest absolute Gasteiger partial charge is 0.434 e. The number of carbonyl (C=O) groups is 1. The molecule has 15 heavy (non-hydrogen) atoms. The standard InChI is InChI=1S/C6H6F6O3/c7-5(8,9)1-2-14-4(13)15-3-6(10,11)12/h1-3H2. The lowest BCUT2D eigenvalue weighted by molar-refractivity contribution is -0.168. The quantitative estimate of drug-likeness (QED) is 0.562. The lowest BCUT2D eigenvalue weighted by Gasteiger charge is -2.09. The second-order valence-corrected chi connectivity index (χ2v) is 2.37. The monoisotopic (exact) mass is 240 g/mol. The SMILES string of the molecule is O=C(OCCC(F)(F)F)OCC(F)(F)F. The molecule has 0 amide bonds. The molecule has 0 saturated heterocycles. The molecule has 0 aliphatic heterocycles. The van der Waals surface area contributed by atoms with Gasteiger partial charge in [0.25, 0.3) is 0 Å². The van der Waals surface area contributed by atoms with E-state index in [0.717, 1.165) is 0 Å². The lowest BCUT2D eigenvalue weighted by Crippen LogP contribution is -2.22. The Morgan fingerprint density at radius 2 is 1.47 bits per heavy atom.